The Morgan fingerprint density at radius 2 is 1.86 bits per heavy atom. The van der Waals surface area contributed by atoms with Crippen LogP contribution in [0.4, 0.5) is 11.4 Å². The van der Waals surface area contributed by atoms with Crippen LogP contribution in [-0.2, 0) is 14.8 Å². The van der Waals surface area contributed by atoms with Crippen molar-refractivity contribution in [3.8, 4) is 5.75 Å². The summed E-state index contributed by atoms with van der Waals surface area (Å²) in [4.78, 5) is 14.1. The van der Waals surface area contributed by atoms with E-state index in [-0.39, 0.29) is 10.8 Å². The lowest BCUT2D eigenvalue weighted by atomic mass is 10.1. The normalized spacial score (nSPS) is 14.7. The Balaban J connectivity index is 1.79. The molecule has 1 aliphatic rings. The van der Waals surface area contributed by atoms with Crippen molar-refractivity contribution in [3.05, 3.63) is 47.5 Å². The van der Waals surface area contributed by atoms with Gasteiger partial charge in [-0.1, -0.05) is 6.92 Å². The van der Waals surface area contributed by atoms with Crippen LogP contribution in [0.2, 0.25) is 0 Å². The molecule has 1 N–H and O–H groups in total. The van der Waals surface area contributed by atoms with Crippen molar-refractivity contribution in [1.82, 2.24) is 0 Å². The van der Waals surface area contributed by atoms with Crippen molar-refractivity contribution in [2.75, 3.05) is 22.8 Å². The summed E-state index contributed by atoms with van der Waals surface area (Å²) in [5.41, 5.74) is 2.95. The summed E-state index contributed by atoms with van der Waals surface area (Å²) in [6.07, 6.45) is 3.36. The molecule has 1 amide bonds. The van der Waals surface area contributed by atoms with Gasteiger partial charge in [0, 0.05) is 24.3 Å². The average molecular weight is 417 g/mol. The van der Waals surface area contributed by atoms with Gasteiger partial charge in [-0.25, -0.2) is 8.42 Å². The molecule has 0 aliphatic carbocycles. The number of sulfonamides is 1. The molecule has 6 nitrogen and oxygen atoms in total. The van der Waals surface area contributed by atoms with Crippen LogP contribution >= 0.6 is 0 Å². The Morgan fingerprint density at radius 1 is 1.07 bits per heavy atom. The third kappa shape index (κ3) is 4.90. The Kier molecular flexibility index (Phi) is 6.47. The van der Waals surface area contributed by atoms with Crippen LogP contribution in [-0.4, -0.2) is 27.5 Å². The van der Waals surface area contributed by atoms with Gasteiger partial charge >= 0.3 is 0 Å². The predicted octanol–water partition coefficient (Wildman–Crippen LogP) is 4.41. The van der Waals surface area contributed by atoms with Gasteiger partial charge in [-0.05, 0) is 80.6 Å². The van der Waals surface area contributed by atoms with Gasteiger partial charge in [-0.3, -0.25) is 9.52 Å². The largest absolute Gasteiger partial charge is 0.493 e. The molecule has 1 saturated heterocycles. The Hall–Kier alpha value is -2.54. The molecule has 2 aromatic carbocycles. The van der Waals surface area contributed by atoms with Crippen molar-refractivity contribution >= 4 is 27.3 Å². The maximum absolute atomic E-state index is 12.8. The van der Waals surface area contributed by atoms with E-state index in [1.807, 2.05) is 26.8 Å². The quantitative estimate of drug-likeness (QED) is 0.725. The molecule has 7 heteroatoms. The summed E-state index contributed by atoms with van der Waals surface area (Å²) in [5, 5.41) is 0. The number of ether oxygens (including phenoxy) is 1. The number of carbonyl (C=O) groups excluding carboxylic acids is 1. The summed E-state index contributed by atoms with van der Waals surface area (Å²) >= 11 is 0. The zero-order chi connectivity index (χ0) is 21.0. The van der Waals surface area contributed by atoms with E-state index >= 15 is 0 Å². The summed E-state index contributed by atoms with van der Waals surface area (Å²) in [6, 6.07) is 10.1. The van der Waals surface area contributed by atoms with Gasteiger partial charge in [0.15, 0.2) is 0 Å². The van der Waals surface area contributed by atoms with E-state index in [0.717, 1.165) is 36.1 Å². The number of anilines is 2. The second-order valence-corrected chi connectivity index (χ2v) is 9.07. The molecule has 1 heterocycles. The fourth-order valence-electron chi connectivity index (χ4n) is 3.46. The van der Waals surface area contributed by atoms with E-state index in [9.17, 15) is 13.2 Å². The number of rotatable bonds is 7. The molecule has 0 atom stereocenters. The summed E-state index contributed by atoms with van der Waals surface area (Å²) in [7, 11) is -3.72. The lowest BCUT2D eigenvalue weighted by Gasteiger charge is -2.28. The molecule has 0 unspecified atom stereocenters. The summed E-state index contributed by atoms with van der Waals surface area (Å²) in [6.45, 7) is 7.04. The van der Waals surface area contributed by atoms with Gasteiger partial charge in [-0.2, -0.15) is 0 Å². The van der Waals surface area contributed by atoms with Crippen LogP contribution in [0.1, 0.15) is 43.7 Å². The number of nitrogens with zero attached hydrogens (tertiary/aromatic N) is 1. The van der Waals surface area contributed by atoms with Crippen LogP contribution in [0.15, 0.2) is 41.3 Å². The second-order valence-electron chi connectivity index (χ2n) is 7.39. The monoisotopic (exact) mass is 416 g/mol. The minimum Gasteiger partial charge on any atom is -0.493 e. The fraction of sp³-hybridized carbons (Fsp3) is 0.409. The molecular weight excluding hydrogens is 388 g/mol. The number of piperidine rings is 1. The van der Waals surface area contributed by atoms with E-state index in [1.54, 1.807) is 35.2 Å². The van der Waals surface area contributed by atoms with Gasteiger partial charge < -0.3 is 9.64 Å². The molecular formula is C22H28N2O4S. The Labute approximate surface area is 172 Å². The van der Waals surface area contributed by atoms with Gasteiger partial charge in [0.1, 0.15) is 5.75 Å². The Morgan fingerprint density at radius 3 is 2.52 bits per heavy atom. The number of aryl methyl sites for hydroxylation is 2. The maximum atomic E-state index is 12.8. The molecule has 3 rings (SSSR count). The van der Waals surface area contributed by atoms with Crippen molar-refractivity contribution < 1.29 is 17.9 Å². The highest BCUT2D eigenvalue weighted by molar-refractivity contribution is 7.92. The van der Waals surface area contributed by atoms with Gasteiger partial charge in [0.05, 0.1) is 11.5 Å². The number of amides is 1. The van der Waals surface area contributed by atoms with Crippen molar-refractivity contribution in [1.29, 1.82) is 0 Å². The molecule has 0 saturated carbocycles. The molecule has 29 heavy (non-hydrogen) atoms. The first-order chi connectivity index (χ1) is 13.8. The first-order valence-electron chi connectivity index (χ1n) is 9.99. The summed E-state index contributed by atoms with van der Waals surface area (Å²) in [5.74, 6) is 0.811. The van der Waals surface area contributed by atoms with Crippen molar-refractivity contribution in [2.45, 2.75) is 51.3 Å². The second kappa shape index (κ2) is 8.86. The van der Waals surface area contributed by atoms with Gasteiger partial charge in [0.2, 0.25) is 5.91 Å². The van der Waals surface area contributed by atoms with E-state index < -0.39 is 10.0 Å². The van der Waals surface area contributed by atoms with Crippen molar-refractivity contribution in [3.63, 3.8) is 0 Å². The summed E-state index contributed by atoms with van der Waals surface area (Å²) < 4.78 is 33.9. The molecule has 1 fully saturated rings. The van der Waals surface area contributed by atoms with Gasteiger partial charge in [0.25, 0.3) is 10.0 Å². The molecule has 156 valence electrons. The third-order valence-electron chi connectivity index (χ3n) is 4.98. The number of hydrogen-bond donors (Lipinski definition) is 1. The molecule has 0 radical (unpaired) electrons. The van der Waals surface area contributed by atoms with Crippen LogP contribution in [0.5, 0.6) is 5.75 Å². The maximum Gasteiger partial charge on any atom is 0.261 e. The zero-order valence-corrected chi connectivity index (χ0v) is 18.0. The number of carbonyl (C=O) groups is 1. The number of benzene rings is 2. The SMILES string of the molecule is CCCOc1ccc(S(=O)(=O)Nc2ccc(N3CCCCC3=O)c(C)c2)cc1C. The smallest absolute Gasteiger partial charge is 0.261 e. The molecule has 2 aromatic rings. The topological polar surface area (TPSA) is 75.7 Å². The van der Waals surface area contributed by atoms with E-state index in [2.05, 4.69) is 4.72 Å². The van der Waals surface area contributed by atoms with E-state index in [4.69, 9.17) is 4.74 Å². The van der Waals surface area contributed by atoms with Crippen molar-refractivity contribution in [2.24, 2.45) is 0 Å². The highest BCUT2D eigenvalue weighted by Gasteiger charge is 2.22. The van der Waals surface area contributed by atoms with E-state index in [0.29, 0.717) is 31.0 Å². The third-order valence-corrected chi connectivity index (χ3v) is 6.36. The zero-order valence-electron chi connectivity index (χ0n) is 17.2. The van der Waals surface area contributed by atoms with E-state index in [1.165, 1.54) is 0 Å². The minimum atomic E-state index is -3.72. The first kappa shape index (κ1) is 21.2. The fourth-order valence-corrected chi connectivity index (χ4v) is 4.59. The predicted molar refractivity (Wildman–Crippen MR) is 115 cm³/mol. The molecule has 0 spiro atoms. The number of hydrogen-bond acceptors (Lipinski definition) is 4. The average Bonchev–Trinajstić information content (AvgIpc) is 2.67. The molecule has 0 aromatic heterocycles. The lowest BCUT2D eigenvalue weighted by Crippen LogP contribution is -2.35. The first-order valence-corrected chi connectivity index (χ1v) is 11.5. The van der Waals surface area contributed by atoms with Crippen LogP contribution in [0.25, 0.3) is 0 Å². The van der Waals surface area contributed by atoms with Gasteiger partial charge in [-0.15, -0.1) is 0 Å². The van der Waals surface area contributed by atoms with Crippen LogP contribution < -0.4 is 14.4 Å². The Bertz CT molecular complexity index is 1000. The molecule has 0 bridgehead atoms. The van der Waals surface area contributed by atoms with Crippen LogP contribution in [0.3, 0.4) is 0 Å². The minimum absolute atomic E-state index is 0.119. The van der Waals surface area contributed by atoms with Crippen LogP contribution in [0, 0.1) is 13.8 Å². The molecule has 1 aliphatic heterocycles. The highest BCUT2D eigenvalue weighted by atomic mass is 32.2. The lowest BCUT2D eigenvalue weighted by molar-refractivity contribution is -0.119. The highest BCUT2D eigenvalue weighted by Crippen LogP contribution is 2.29. The standard InChI is InChI=1S/C22H28N2O4S/c1-4-13-28-21-11-9-19(15-17(21)3)29(26,27)23-18-8-10-20(16(2)14-18)24-12-6-5-7-22(24)25/h8-11,14-15,23H,4-7,12-13H2,1-3H3. The number of nitrogens with one attached hydrogen (secondary N) is 1.